The molecule has 5 heteroatoms. The van der Waals surface area contributed by atoms with Crippen LogP contribution in [0.2, 0.25) is 0 Å². The van der Waals surface area contributed by atoms with Crippen molar-refractivity contribution < 1.29 is 17.6 Å². The van der Waals surface area contributed by atoms with Gasteiger partial charge >= 0.3 is 6.18 Å². The molecule has 0 N–H and O–H groups in total. The van der Waals surface area contributed by atoms with Gasteiger partial charge in [0.05, 0.1) is 5.56 Å². The maximum absolute atomic E-state index is 13.7. The van der Waals surface area contributed by atoms with Crippen LogP contribution in [0.1, 0.15) is 23.1 Å². The molecule has 3 rings (SSSR count). The van der Waals surface area contributed by atoms with Crippen molar-refractivity contribution in [2.75, 3.05) is 0 Å². The fourth-order valence-electron chi connectivity index (χ4n) is 2.49. The summed E-state index contributed by atoms with van der Waals surface area (Å²) in [5.41, 5.74) is 1.72. The van der Waals surface area contributed by atoms with Crippen LogP contribution in [-0.2, 0) is 12.6 Å². The van der Waals surface area contributed by atoms with Crippen molar-refractivity contribution in [2.24, 2.45) is 0 Å². The van der Waals surface area contributed by atoms with Gasteiger partial charge in [0.1, 0.15) is 5.82 Å². The highest BCUT2D eigenvalue weighted by atomic mass is 19.4. The van der Waals surface area contributed by atoms with Crippen molar-refractivity contribution in [3.8, 4) is 11.1 Å². The summed E-state index contributed by atoms with van der Waals surface area (Å²) in [6.07, 6.45) is 4.24. The van der Waals surface area contributed by atoms with Crippen molar-refractivity contribution >= 4 is 6.08 Å². The molecule has 0 amide bonds. The van der Waals surface area contributed by atoms with E-state index in [1.165, 1.54) is 6.07 Å². The van der Waals surface area contributed by atoms with Gasteiger partial charge in [0.2, 0.25) is 0 Å². The molecule has 1 aliphatic carbocycles. The Hall–Kier alpha value is -2.17. The van der Waals surface area contributed by atoms with Gasteiger partial charge < -0.3 is 0 Å². The van der Waals surface area contributed by atoms with E-state index in [9.17, 15) is 17.6 Å². The van der Waals surface area contributed by atoms with Crippen molar-refractivity contribution in [2.45, 2.75) is 19.0 Å². The molecule has 21 heavy (non-hydrogen) atoms. The fraction of sp³-hybridized carbons (Fsp3) is 0.188. The number of allylic oxidation sites excluding steroid dienone is 1. The maximum atomic E-state index is 13.7. The SMILES string of the molecule is Fc1cc(-c2cncc3c2C=CCC3)ccc1C(F)(F)F. The summed E-state index contributed by atoms with van der Waals surface area (Å²) in [4.78, 5) is 4.10. The molecule has 108 valence electrons. The zero-order valence-corrected chi connectivity index (χ0v) is 10.9. The van der Waals surface area contributed by atoms with Gasteiger partial charge in [0.15, 0.2) is 0 Å². The first kappa shape index (κ1) is 13.8. The zero-order valence-electron chi connectivity index (χ0n) is 10.9. The quantitative estimate of drug-likeness (QED) is 0.684. The molecule has 0 fully saturated rings. The zero-order chi connectivity index (χ0) is 15.0. The Kier molecular flexibility index (Phi) is 3.27. The van der Waals surface area contributed by atoms with Crippen molar-refractivity contribution in [3.05, 3.63) is 59.2 Å². The van der Waals surface area contributed by atoms with E-state index in [-0.39, 0.29) is 0 Å². The Bertz CT molecular complexity index is 717. The minimum atomic E-state index is -4.68. The minimum Gasteiger partial charge on any atom is -0.264 e. The van der Waals surface area contributed by atoms with Crippen LogP contribution in [0, 0.1) is 5.82 Å². The summed E-state index contributed by atoms with van der Waals surface area (Å²) in [7, 11) is 0. The van der Waals surface area contributed by atoms with E-state index in [1.54, 1.807) is 12.4 Å². The first-order valence-electron chi connectivity index (χ1n) is 6.47. The topological polar surface area (TPSA) is 12.9 Å². The number of fused-ring (bicyclic) bond motifs is 1. The van der Waals surface area contributed by atoms with Gasteiger partial charge in [-0.15, -0.1) is 0 Å². The molecule has 1 aliphatic rings. The van der Waals surface area contributed by atoms with Crippen LogP contribution in [0.4, 0.5) is 17.6 Å². The summed E-state index contributed by atoms with van der Waals surface area (Å²) in [6.45, 7) is 0. The number of halogens is 4. The molecular weight excluding hydrogens is 282 g/mol. The Morgan fingerprint density at radius 2 is 1.90 bits per heavy atom. The summed E-state index contributed by atoms with van der Waals surface area (Å²) < 4.78 is 51.5. The van der Waals surface area contributed by atoms with Gasteiger partial charge in [-0.3, -0.25) is 4.98 Å². The predicted octanol–water partition coefficient (Wildman–Crippen LogP) is 4.87. The van der Waals surface area contributed by atoms with Gasteiger partial charge in [-0.05, 0) is 41.7 Å². The van der Waals surface area contributed by atoms with Crippen molar-refractivity contribution in [1.82, 2.24) is 4.98 Å². The van der Waals surface area contributed by atoms with E-state index in [2.05, 4.69) is 4.98 Å². The Morgan fingerprint density at radius 1 is 1.10 bits per heavy atom. The molecule has 0 aliphatic heterocycles. The van der Waals surface area contributed by atoms with Gasteiger partial charge in [-0.1, -0.05) is 18.2 Å². The maximum Gasteiger partial charge on any atom is 0.419 e. The molecule has 0 unspecified atom stereocenters. The van der Waals surface area contributed by atoms with Gasteiger partial charge in [0.25, 0.3) is 0 Å². The number of alkyl halides is 3. The number of hydrogen-bond donors (Lipinski definition) is 0. The summed E-state index contributed by atoms with van der Waals surface area (Å²) in [6, 6.07) is 2.98. The van der Waals surface area contributed by atoms with E-state index in [0.717, 1.165) is 36.1 Å². The Labute approximate surface area is 118 Å². The van der Waals surface area contributed by atoms with Crippen LogP contribution in [0.5, 0.6) is 0 Å². The summed E-state index contributed by atoms with van der Waals surface area (Å²) >= 11 is 0. The molecule has 0 bridgehead atoms. The molecule has 1 nitrogen and oxygen atoms in total. The number of hydrogen-bond acceptors (Lipinski definition) is 1. The first-order valence-corrected chi connectivity index (χ1v) is 6.47. The number of pyridine rings is 1. The lowest BCUT2D eigenvalue weighted by Crippen LogP contribution is -2.08. The predicted molar refractivity (Wildman–Crippen MR) is 72.0 cm³/mol. The van der Waals surface area contributed by atoms with E-state index in [4.69, 9.17) is 0 Å². The molecule has 1 heterocycles. The second-order valence-electron chi connectivity index (χ2n) is 4.89. The van der Waals surface area contributed by atoms with E-state index >= 15 is 0 Å². The lowest BCUT2D eigenvalue weighted by atomic mass is 9.92. The molecule has 0 spiro atoms. The van der Waals surface area contributed by atoms with Crippen LogP contribution in [0.3, 0.4) is 0 Å². The third kappa shape index (κ3) is 2.55. The van der Waals surface area contributed by atoms with E-state index in [0.29, 0.717) is 11.1 Å². The number of aryl methyl sites for hydroxylation is 1. The first-order chi connectivity index (χ1) is 9.97. The standard InChI is InChI=1S/C16H11F4N/c17-15-7-10(5-6-14(15)16(18,19)20)13-9-21-8-11-3-1-2-4-12(11)13/h2,4-9H,1,3H2. The van der Waals surface area contributed by atoms with Crippen molar-refractivity contribution in [1.29, 1.82) is 0 Å². The van der Waals surface area contributed by atoms with Crippen LogP contribution < -0.4 is 0 Å². The fourth-order valence-corrected chi connectivity index (χ4v) is 2.49. The monoisotopic (exact) mass is 293 g/mol. The molecule has 0 saturated carbocycles. The molecule has 1 aromatic heterocycles. The number of rotatable bonds is 1. The average molecular weight is 293 g/mol. The molecule has 0 saturated heterocycles. The van der Waals surface area contributed by atoms with E-state index in [1.807, 2.05) is 12.2 Å². The third-order valence-electron chi connectivity index (χ3n) is 3.52. The van der Waals surface area contributed by atoms with Crippen LogP contribution in [0.15, 0.2) is 36.7 Å². The highest BCUT2D eigenvalue weighted by Crippen LogP contribution is 2.35. The normalized spacial score (nSPS) is 14.1. The summed E-state index contributed by atoms with van der Waals surface area (Å²) in [5.74, 6) is -1.27. The molecule has 0 radical (unpaired) electrons. The molecule has 1 aromatic carbocycles. The number of benzene rings is 1. The number of nitrogens with zero attached hydrogens (tertiary/aromatic N) is 1. The smallest absolute Gasteiger partial charge is 0.264 e. The van der Waals surface area contributed by atoms with Gasteiger partial charge in [-0.2, -0.15) is 13.2 Å². The van der Waals surface area contributed by atoms with Crippen molar-refractivity contribution in [3.63, 3.8) is 0 Å². The molecular formula is C16H11F4N. The Morgan fingerprint density at radius 3 is 2.62 bits per heavy atom. The lowest BCUT2D eigenvalue weighted by molar-refractivity contribution is -0.139. The largest absolute Gasteiger partial charge is 0.419 e. The average Bonchev–Trinajstić information content (AvgIpc) is 2.45. The number of aromatic nitrogens is 1. The highest BCUT2D eigenvalue weighted by Gasteiger charge is 2.34. The molecule has 0 atom stereocenters. The minimum absolute atomic E-state index is 0.399. The summed E-state index contributed by atoms with van der Waals surface area (Å²) in [5, 5.41) is 0. The third-order valence-corrected chi connectivity index (χ3v) is 3.52. The van der Waals surface area contributed by atoms with E-state index < -0.39 is 17.6 Å². The van der Waals surface area contributed by atoms with Gasteiger partial charge in [0, 0.05) is 18.0 Å². The van der Waals surface area contributed by atoms with Crippen LogP contribution in [0.25, 0.3) is 17.2 Å². The molecule has 2 aromatic rings. The second kappa shape index (κ2) is 4.98. The second-order valence-corrected chi connectivity index (χ2v) is 4.89. The van der Waals surface area contributed by atoms with Crippen LogP contribution in [-0.4, -0.2) is 4.98 Å². The van der Waals surface area contributed by atoms with Crippen LogP contribution >= 0.6 is 0 Å². The van der Waals surface area contributed by atoms with Gasteiger partial charge in [-0.25, -0.2) is 4.39 Å². The highest BCUT2D eigenvalue weighted by molar-refractivity contribution is 5.77. The Balaban J connectivity index is 2.11. The lowest BCUT2D eigenvalue weighted by Gasteiger charge is -2.15.